The summed E-state index contributed by atoms with van der Waals surface area (Å²) in [5.74, 6) is 1.63. The van der Waals surface area contributed by atoms with Crippen LogP contribution in [0.1, 0.15) is 65.2 Å². The molecule has 122 valence electrons. The van der Waals surface area contributed by atoms with Crippen molar-refractivity contribution >= 4 is 18.3 Å². The van der Waals surface area contributed by atoms with Crippen molar-refractivity contribution in [3.63, 3.8) is 0 Å². The fourth-order valence-corrected chi connectivity index (χ4v) is 4.10. The lowest BCUT2D eigenvalue weighted by Gasteiger charge is -2.39. The molecule has 0 radical (unpaired) electrons. The number of nitrogens with one attached hydrogen (secondary N) is 1. The fourth-order valence-electron chi connectivity index (χ4n) is 4.10. The monoisotopic (exact) mass is 314 g/mol. The van der Waals surface area contributed by atoms with Gasteiger partial charge in [-0.2, -0.15) is 0 Å². The predicted octanol–water partition coefficient (Wildman–Crippen LogP) is 3.37. The van der Waals surface area contributed by atoms with Gasteiger partial charge in [-0.1, -0.05) is 6.92 Å². The summed E-state index contributed by atoms with van der Waals surface area (Å²) in [5, 5.41) is 3.47. The lowest BCUT2D eigenvalue weighted by Crippen LogP contribution is -2.49. The Morgan fingerprint density at radius 1 is 0.952 bits per heavy atom. The number of hydrogen-bond donors (Lipinski definition) is 1. The van der Waals surface area contributed by atoms with Gasteiger partial charge in [0.2, 0.25) is 5.91 Å². The van der Waals surface area contributed by atoms with Gasteiger partial charge in [0.05, 0.1) is 0 Å². The van der Waals surface area contributed by atoms with Crippen molar-refractivity contribution in [1.82, 2.24) is 10.2 Å². The van der Waals surface area contributed by atoms with E-state index in [2.05, 4.69) is 24.1 Å². The summed E-state index contributed by atoms with van der Waals surface area (Å²) >= 11 is 0. The zero-order chi connectivity index (χ0) is 14.1. The summed E-state index contributed by atoms with van der Waals surface area (Å²) in [6.45, 7) is 5.58. The first kappa shape index (κ1) is 17.1. The Balaban J connectivity index is 0.00000161. The molecule has 1 amide bonds. The number of carbonyl (C=O) groups is 1. The van der Waals surface area contributed by atoms with Crippen LogP contribution in [0.5, 0.6) is 0 Å². The molecule has 21 heavy (non-hydrogen) atoms. The van der Waals surface area contributed by atoms with Gasteiger partial charge in [0, 0.05) is 24.0 Å². The van der Waals surface area contributed by atoms with E-state index in [4.69, 9.17) is 0 Å². The number of hydrogen-bond acceptors (Lipinski definition) is 2. The van der Waals surface area contributed by atoms with Gasteiger partial charge in [-0.15, -0.1) is 12.4 Å². The highest BCUT2D eigenvalue weighted by Gasteiger charge is 2.41. The molecule has 0 bridgehead atoms. The maximum absolute atomic E-state index is 13.0. The number of carbonyl (C=O) groups excluding carboxylic acids is 1. The van der Waals surface area contributed by atoms with Crippen molar-refractivity contribution in [3.8, 4) is 0 Å². The zero-order valence-corrected chi connectivity index (χ0v) is 14.3. The normalized spacial score (nSPS) is 36.7. The van der Waals surface area contributed by atoms with Gasteiger partial charge < -0.3 is 10.2 Å². The lowest BCUT2D eigenvalue weighted by atomic mass is 9.85. The first-order valence-electron chi connectivity index (χ1n) is 8.70. The van der Waals surface area contributed by atoms with Crippen molar-refractivity contribution in [2.24, 2.45) is 11.8 Å². The van der Waals surface area contributed by atoms with Crippen LogP contribution in [0.2, 0.25) is 0 Å². The Labute approximate surface area is 135 Å². The summed E-state index contributed by atoms with van der Waals surface area (Å²) in [7, 11) is 0. The number of nitrogens with zero attached hydrogens (tertiary/aromatic N) is 1. The van der Waals surface area contributed by atoms with Crippen LogP contribution in [-0.4, -0.2) is 35.5 Å². The molecule has 1 heterocycles. The number of halogens is 1. The molecule has 2 atom stereocenters. The van der Waals surface area contributed by atoms with Crippen LogP contribution < -0.4 is 5.32 Å². The van der Waals surface area contributed by atoms with Crippen LogP contribution in [0.3, 0.4) is 0 Å². The summed E-state index contributed by atoms with van der Waals surface area (Å²) in [6.07, 6.45) is 9.67. The van der Waals surface area contributed by atoms with Gasteiger partial charge in [0.1, 0.15) is 0 Å². The molecule has 2 saturated carbocycles. The van der Waals surface area contributed by atoms with Crippen LogP contribution in [-0.2, 0) is 4.79 Å². The highest BCUT2D eigenvalue weighted by Crippen LogP contribution is 2.37. The van der Waals surface area contributed by atoms with E-state index in [1.807, 2.05) is 0 Å². The quantitative estimate of drug-likeness (QED) is 0.866. The second-order valence-electron chi connectivity index (χ2n) is 7.47. The predicted molar refractivity (Wildman–Crippen MR) is 88.7 cm³/mol. The minimum absolute atomic E-state index is 0. The van der Waals surface area contributed by atoms with Crippen molar-refractivity contribution < 1.29 is 4.79 Å². The molecule has 0 aromatic rings. The molecule has 1 N–H and O–H groups in total. The molecular weight excluding hydrogens is 284 g/mol. The first-order chi connectivity index (χ1) is 9.65. The van der Waals surface area contributed by atoms with Gasteiger partial charge >= 0.3 is 0 Å². The van der Waals surface area contributed by atoms with E-state index >= 15 is 0 Å². The maximum Gasteiger partial charge on any atom is 0.226 e. The summed E-state index contributed by atoms with van der Waals surface area (Å²) < 4.78 is 0. The Kier molecular flexibility index (Phi) is 5.96. The molecule has 3 fully saturated rings. The first-order valence-corrected chi connectivity index (χ1v) is 8.70. The van der Waals surface area contributed by atoms with E-state index in [-0.39, 0.29) is 18.3 Å². The topological polar surface area (TPSA) is 32.3 Å². The van der Waals surface area contributed by atoms with Gasteiger partial charge in [0.25, 0.3) is 0 Å². The smallest absolute Gasteiger partial charge is 0.226 e. The molecule has 1 aliphatic heterocycles. The third kappa shape index (κ3) is 4.13. The number of rotatable bonds is 3. The summed E-state index contributed by atoms with van der Waals surface area (Å²) in [5.41, 5.74) is 0. The van der Waals surface area contributed by atoms with Gasteiger partial charge in [0.15, 0.2) is 0 Å². The third-order valence-electron chi connectivity index (χ3n) is 5.55. The second kappa shape index (κ2) is 7.32. The Bertz CT molecular complexity index is 351. The highest BCUT2D eigenvalue weighted by molar-refractivity contribution is 5.85. The van der Waals surface area contributed by atoms with E-state index in [1.165, 1.54) is 38.5 Å². The number of piperidine rings is 1. The fraction of sp³-hybridized carbons (Fsp3) is 0.941. The zero-order valence-electron chi connectivity index (χ0n) is 13.5. The lowest BCUT2D eigenvalue weighted by molar-refractivity contribution is -0.140. The van der Waals surface area contributed by atoms with Gasteiger partial charge in [-0.05, 0) is 70.8 Å². The molecule has 3 aliphatic rings. The molecular formula is C17H31ClN2O. The van der Waals surface area contributed by atoms with E-state index in [0.717, 1.165) is 25.3 Å². The van der Waals surface area contributed by atoms with Crippen LogP contribution >= 0.6 is 12.4 Å². The van der Waals surface area contributed by atoms with E-state index in [0.29, 0.717) is 24.0 Å². The molecule has 2 aliphatic carbocycles. The minimum atomic E-state index is 0. The van der Waals surface area contributed by atoms with Gasteiger partial charge in [-0.3, -0.25) is 4.79 Å². The standard InChI is InChI=1S/C17H30N2O.ClH/c1-12-3-5-15(6-4-12)19(16-7-8-16)17(20)14-9-10-18-13(2)11-14;/h12-16,18H,3-11H2,1-2H3;1H/t12?,13-,14-,15?;/m0./s1. The van der Waals surface area contributed by atoms with Crippen molar-refractivity contribution in [2.45, 2.75) is 83.3 Å². The number of amides is 1. The molecule has 4 heteroatoms. The molecule has 0 spiro atoms. The highest BCUT2D eigenvalue weighted by atomic mass is 35.5. The van der Waals surface area contributed by atoms with Crippen LogP contribution in [0.15, 0.2) is 0 Å². The summed E-state index contributed by atoms with van der Waals surface area (Å²) in [6, 6.07) is 1.65. The van der Waals surface area contributed by atoms with Crippen LogP contribution in [0.25, 0.3) is 0 Å². The van der Waals surface area contributed by atoms with Crippen molar-refractivity contribution in [3.05, 3.63) is 0 Å². The third-order valence-corrected chi connectivity index (χ3v) is 5.55. The largest absolute Gasteiger partial charge is 0.336 e. The van der Waals surface area contributed by atoms with Crippen LogP contribution in [0, 0.1) is 11.8 Å². The molecule has 3 rings (SSSR count). The van der Waals surface area contributed by atoms with Crippen molar-refractivity contribution in [2.75, 3.05) is 6.54 Å². The average molecular weight is 315 g/mol. The van der Waals surface area contributed by atoms with E-state index in [9.17, 15) is 4.79 Å². The van der Waals surface area contributed by atoms with E-state index in [1.54, 1.807) is 0 Å². The molecule has 1 saturated heterocycles. The Morgan fingerprint density at radius 3 is 2.05 bits per heavy atom. The summed E-state index contributed by atoms with van der Waals surface area (Å²) in [4.78, 5) is 15.3. The van der Waals surface area contributed by atoms with Crippen molar-refractivity contribution in [1.29, 1.82) is 0 Å². The van der Waals surface area contributed by atoms with Gasteiger partial charge in [-0.25, -0.2) is 0 Å². The molecule has 3 nitrogen and oxygen atoms in total. The SMILES string of the molecule is CC1CCC(N(C(=O)[C@H]2CCN[C@@H](C)C2)C2CC2)CC1.Cl. The maximum atomic E-state index is 13.0. The van der Waals surface area contributed by atoms with Crippen LogP contribution in [0.4, 0.5) is 0 Å². The Morgan fingerprint density at radius 2 is 1.52 bits per heavy atom. The second-order valence-corrected chi connectivity index (χ2v) is 7.47. The Hall–Kier alpha value is -0.280. The van der Waals surface area contributed by atoms with E-state index < -0.39 is 0 Å². The molecule has 0 aromatic carbocycles. The molecule has 0 aromatic heterocycles. The average Bonchev–Trinajstić information content (AvgIpc) is 3.26. The molecule has 0 unspecified atom stereocenters. The minimum Gasteiger partial charge on any atom is -0.336 e.